The quantitative estimate of drug-likeness (QED) is 0.530. The number of alkyl halides is 3. The van der Waals surface area contributed by atoms with Gasteiger partial charge >= 0.3 is 6.18 Å². The van der Waals surface area contributed by atoms with Crippen LogP contribution in [-0.4, -0.2) is 42.1 Å². The van der Waals surface area contributed by atoms with Crippen molar-refractivity contribution in [3.8, 4) is 0 Å². The third kappa shape index (κ3) is 5.91. The van der Waals surface area contributed by atoms with Gasteiger partial charge in [0.25, 0.3) is 5.91 Å². The first kappa shape index (κ1) is 24.3. The standard InChI is InChI=1S/C24H27F3N4O2/c1-15(2)29-21-8-7-18(13-17(21)14-28)30-22(32)16-9-11-31(12-10-16)23(33)19-5-3-4-6-20(19)24(25,26)27/h3-8,13-16,28-29H,9-12H2,1-2H3,(H,30,32). The predicted octanol–water partition coefficient (Wildman–Crippen LogP) is 5.01. The Morgan fingerprint density at radius 1 is 1.12 bits per heavy atom. The molecule has 6 nitrogen and oxygen atoms in total. The Kier molecular flexibility index (Phi) is 7.40. The number of nitrogens with one attached hydrogen (secondary N) is 3. The molecule has 2 aromatic rings. The van der Waals surface area contributed by atoms with Gasteiger partial charge in [0.05, 0.1) is 11.1 Å². The number of carbonyl (C=O) groups excluding carboxylic acids is 2. The normalized spacial score (nSPS) is 14.8. The molecule has 0 spiro atoms. The monoisotopic (exact) mass is 460 g/mol. The van der Waals surface area contributed by atoms with Gasteiger partial charge in [0.2, 0.25) is 5.91 Å². The van der Waals surface area contributed by atoms with Crippen LogP contribution in [0.1, 0.15) is 48.2 Å². The summed E-state index contributed by atoms with van der Waals surface area (Å²) in [7, 11) is 0. The van der Waals surface area contributed by atoms with E-state index in [2.05, 4.69) is 10.6 Å². The molecule has 0 aliphatic carbocycles. The Balaban J connectivity index is 1.62. The van der Waals surface area contributed by atoms with Gasteiger partial charge in [-0.05, 0) is 57.0 Å². The van der Waals surface area contributed by atoms with E-state index < -0.39 is 17.6 Å². The molecule has 1 aliphatic heterocycles. The van der Waals surface area contributed by atoms with Crippen LogP contribution in [0.5, 0.6) is 0 Å². The molecule has 1 aliphatic rings. The van der Waals surface area contributed by atoms with Crippen LogP contribution in [0.3, 0.4) is 0 Å². The average molecular weight is 461 g/mol. The molecule has 2 amide bonds. The van der Waals surface area contributed by atoms with Crippen LogP contribution in [0.25, 0.3) is 0 Å². The molecule has 0 saturated carbocycles. The lowest BCUT2D eigenvalue weighted by atomic mass is 9.94. The van der Waals surface area contributed by atoms with Gasteiger partial charge in [-0.3, -0.25) is 9.59 Å². The second-order valence-electron chi connectivity index (χ2n) is 8.34. The van der Waals surface area contributed by atoms with E-state index in [9.17, 15) is 22.8 Å². The van der Waals surface area contributed by atoms with E-state index in [0.717, 1.165) is 11.8 Å². The first-order valence-electron chi connectivity index (χ1n) is 10.8. The summed E-state index contributed by atoms with van der Waals surface area (Å²) in [6.07, 6.45) is -2.68. The Hall–Kier alpha value is -3.36. The van der Waals surface area contributed by atoms with E-state index in [4.69, 9.17) is 5.41 Å². The zero-order chi connectivity index (χ0) is 24.2. The summed E-state index contributed by atoms with van der Waals surface area (Å²) in [6.45, 7) is 4.38. The van der Waals surface area contributed by atoms with Gasteiger partial charge in [0.15, 0.2) is 0 Å². The zero-order valence-corrected chi connectivity index (χ0v) is 18.5. The Morgan fingerprint density at radius 3 is 2.39 bits per heavy atom. The van der Waals surface area contributed by atoms with Crippen LogP contribution in [0.4, 0.5) is 24.5 Å². The fraction of sp³-hybridized carbons (Fsp3) is 0.375. The van der Waals surface area contributed by atoms with Gasteiger partial charge in [0.1, 0.15) is 0 Å². The second kappa shape index (κ2) is 10.1. The number of anilines is 2. The highest BCUT2D eigenvalue weighted by Crippen LogP contribution is 2.33. The fourth-order valence-corrected chi connectivity index (χ4v) is 3.88. The molecule has 1 saturated heterocycles. The van der Waals surface area contributed by atoms with Gasteiger partial charge in [-0.2, -0.15) is 13.2 Å². The first-order valence-corrected chi connectivity index (χ1v) is 10.8. The van der Waals surface area contributed by atoms with Crippen molar-refractivity contribution in [2.45, 2.75) is 38.9 Å². The van der Waals surface area contributed by atoms with Gasteiger partial charge in [0, 0.05) is 48.2 Å². The highest BCUT2D eigenvalue weighted by atomic mass is 19.4. The van der Waals surface area contributed by atoms with Crippen molar-refractivity contribution < 1.29 is 22.8 Å². The lowest BCUT2D eigenvalue weighted by Gasteiger charge is -2.32. The molecule has 0 unspecified atom stereocenters. The summed E-state index contributed by atoms with van der Waals surface area (Å²) in [5.41, 5.74) is 0.675. The van der Waals surface area contributed by atoms with Crippen molar-refractivity contribution in [2.24, 2.45) is 5.92 Å². The number of hydrogen-bond acceptors (Lipinski definition) is 4. The molecule has 3 N–H and O–H groups in total. The third-order valence-corrected chi connectivity index (χ3v) is 5.53. The number of piperidine rings is 1. The Labute approximate surface area is 190 Å². The summed E-state index contributed by atoms with van der Waals surface area (Å²) in [5, 5.41) is 13.7. The van der Waals surface area contributed by atoms with Gasteiger partial charge in [-0.25, -0.2) is 0 Å². The fourth-order valence-electron chi connectivity index (χ4n) is 3.88. The van der Waals surface area contributed by atoms with Crippen LogP contribution in [0.2, 0.25) is 0 Å². The van der Waals surface area contributed by atoms with Crippen LogP contribution >= 0.6 is 0 Å². The number of hydrogen-bond donors (Lipinski definition) is 3. The summed E-state index contributed by atoms with van der Waals surface area (Å²) in [4.78, 5) is 26.8. The Bertz CT molecular complexity index is 1030. The SMILES string of the molecule is CC(C)Nc1ccc(NC(=O)C2CCN(C(=O)c3ccccc3C(F)(F)F)CC2)cc1C=N. The highest BCUT2D eigenvalue weighted by Gasteiger charge is 2.37. The number of rotatable bonds is 6. The lowest BCUT2D eigenvalue weighted by Crippen LogP contribution is -2.42. The largest absolute Gasteiger partial charge is 0.417 e. The van der Waals surface area contributed by atoms with Crippen LogP contribution in [0, 0.1) is 11.3 Å². The number of amides is 2. The minimum atomic E-state index is -4.61. The average Bonchev–Trinajstić information content (AvgIpc) is 2.78. The smallest absolute Gasteiger partial charge is 0.382 e. The van der Waals surface area contributed by atoms with Crippen LogP contribution in [0.15, 0.2) is 42.5 Å². The molecule has 3 rings (SSSR count). The van der Waals surface area contributed by atoms with E-state index in [1.807, 2.05) is 13.8 Å². The molecule has 2 aromatic carbocycles. The van der Waals surface area contributed by atoms with Crippen molar-refractivity contribution >= 4 is 29.4 Å². The van der Waals surface area contributed by atoms with E-state index in [-0.39, 0.29) is 36.5 Å². The number of likely N-dealkylation sites (tertiary alicyclic amines) is 1. The summed E-state index contributed by atoms with van der Waals surface area (Å²) in [5.74, 6) is -1.24. The number of nitrogens with zero attached hydrogens (tertiary/aromatic N) is 1. The van der Waals surface area contributed by atoms with Crippen LogP contribution in [-0.2, 0) is 11.0 Å². The molecular formula is C24H27F3N4O2. The predicted molar refractivity (Wildman–Crippen MR) is 122 cm³/mol. The number of halogens is 3. The highest BCUT2D eigenvalue weighted by molar-refractivity contribution is 5.97. The van der Waals surface area contributed by atoms with Crippen molar-refractivity contribution in [3.05, 3.63) is 59.2 Å². The lowest BCUT2D eigenvalue weighted by molar-refractivity contribution is -0.138. The molecule has 0 aromatic heterocycles. The maximum absolute atomic E-state index is 13.3. The maximum Gasteiger partial charge on any atom is 0.417 e. The maximum atomic E-state index is 13.3. The van der Waals surface area contributed by atoms with Gasteiger partial charge < -0.3 is 20.9 Å². The van der Waals surface area contributed by atoms with Gasteiger partial charge in [-0.15, -0.1) is 0 Å². The molecule has 1 heterocycles. The van der Waals surface area contributed by atoms with E-state index >= 15 is 0 Å². The van der Waals surface area contributed by atoms with Crippen molar-refractivity contribution in [2.75, 3.05) is 23.7 Å². The van der Waals surface area contributed by atoms with Gasteiger partial charge in [-0.1, -0.05) is 12.1 Å². The molecule has 9 heteroatoms. The molecule has 0 bridgehead atoms. The molecule has 1 fully saturated rings. The molecule has 0 radical (unpaired) electrons. The van der Waals surface area contributed by atoms with Crippen molar-refractivity contribution in [1.29, 1.82) is 5.41 Å². The minimum Gasteiger partial charge on any atom is -0.382 e. The number of benzene rings is 2. The van der Waals surface area contributed by atoms with E-state index in [1.54, 1.807) is 18.2 Å². The summed E-state index contributed by atoms with van der Waals surface area (Å²) in [6, 6.07) is 10.2. The molecule has 0 atom stereocenters. The zero-order valence-electron chi connectivity index (χ0n) is 18.5. The third-order valence-electron chi connectivity index (χ3n) is 5.53. The summed E-state index contributed by atoms with van der Waals surface area (Å²) < 4.78 is 39.8. The first-order chi connectivity index (χ1) is 15.6. The molecular weight excluding hydrogens is 433 g/mol. The van der Waals surface area contributed by atoms with Crippen molar-refractivity contribution in [3.63, 3.8) is 0 Å². The molecule has 33 heavy (non-hydrogen) atoms. The van der Waals surface area contributed by atoms with Crippen molar-refractivity contribution in [1.82, 2.24) is 4.90 Å². The summed E-state index contributed by atoms with van der Waals surface area (Å²) >= 11 is 0. The number of carbonyl (C=O) groups is 2. The topological polar surface area (TPSA) is 85.3 Å². The molecule has 176 valence electrons. The van der Waals surface area contributed by atoms with E-state index in [0.29, 0.717) is 24.1 Å². The minimum absolute atomic E-state index is 0.195. The van der Waals surface area contributed by atoms with Crippen LogP contribution < -0.4 is 10.6 Å². The Morgan fingerprint density at radius 2 is 1.79 bits per heavy atom. The van der Waals surface area contributed by atoms with E-state index in [1.165, 1.54) is 29.3 Å². The second-order valence-corrected chi connectivity index (χ2v) is 8.34.